The number of aryl methyl sites for hydroxylation is 1. The molecule has 1 N–H and O–H groups in total. The molecule has 1 unspecified atom stereocenters. The van der Waals surface area contributed by atoms with Gasteiger partial charge in [-0.05, 0) is 60.0 Å². The lowest BCUT2D eigenvalue weighted by Crippen LogP contribution is -2.16. The molecule has 3 aromatic rings. The maximum atomic E-state index is 13.0. The number of ketones is 1. The average molecular weight is 408 g/mol. The van der Waals surface area contributed by atoms with E-state index in [0.717, 1.165) is 17.7 Å². The van der Waals surface area contributed by atoms with Crippen molar-refractivity contribution in [2.45, 2.75) is 25.8 Å². The molecule has 5 heteroatoms. The Labute approximate surface area is 175 Å². The van der Waals surface area contributed by atoms with Crippen LogP contribution in [0.15, 0.2) is 66.7 Å². The van der Waals surface area contributed by atoms with Gasteiger partial charge in [-0.25, -0.2) is 0 Å². The Bertz CT molecular complexity index is 1000. The highest BCUT2D eigenvalue weighted by Crippen LogP contribution is 2.34. The van der Waals surface area contributed by atoms with Gasteiger partial charge in [0.25, 0.3) is 0 Å². The summed E-state index contributed by atoms with van der Waals surface area (Å²) in [5, 5.41) is 4.15. The predicted molar refractivity (Wildman–Crippen MR) is 115 cm³/mol. The van der Waals surface area contributed by atoms with Crippen LogP contribution in [0.25, 0.3) is 0 Å². The van der Waals surface area contributed by atoms with Crippen LogP contribution in [0.1, 0.15) is 40.9 Å². The number of carbonyl (C=O) groups excluding carboxylic acids is 1. The molecule has 1 atom stereocenters. The highest BCUT2D eigenvalue weighted by molar-refractivity contribution is 6.30. The van der Waals surface area contributed by atoms with Gasteiger partial charge in [-0.1, -0.05) is 42.8 Å². The van der Waals surface area contributed by atoms with Gasteiger partial charge >= 0.3 is 0 Å². The van der Waals surface area contributed by atoms with E-state index in [1.54, 1.807) is 18.2 Å². The Morgan fingerprint density at radius 1 is 1.00 bits per heavy atom. The molecule has 1 aliphatic rings. The van der Waals surface area contributed by atoms with Gasteiger partial charge in [-0.15, -0.1) is 0 Å². The number of fused-ring (bicyclic) bond motifs is 1. The zero-order valence-electron chi connectivity index (χ0n) is 16.2. The number of Topliss-reactive ketones (excluding diaryl/α,β-unsaturated/α-hetero) is 1. The standard InChI is InChI=1S/C24H22ClNO3/c1-2-16-3-5-17(6-4-16)21(26-20-10-8-19(25)9-11-20)14-22(27)18-7-12-23-24(13-18)29-15-28-23/h3-13,21,26H,2,14-15H2,1H3. The summed E-state index contributed by atoms with van der Waals surface area (Å²) in [4.78, 5) is 13.0. The van der Waals surface area contributed by atoms with Crippen molar-refractivity contribution in [3.05, 3.63) is 88.4 Å². The van der Waals surface area contributed by atoms with Gasteiger partial charge in [0.15, 0.2) is 17.3 Å². The third kappa shape index (κ3) is 4.54. The van der Waals surface area contributed by atoms with Crippen molar-refractivity contribution in [3.8, 4) is 11.5 Å². The molecule has 4 rings (SSSR count). The van der Waals surface area contributed by atoms with Gasteiger partial charge in [-0.3, -0.25) is 4.79 Å². The summed E-state index contributed by atoms with van der Waals surface area (Å²) in [6.07, 6.45) is 1.29. The number of carbonyl (C=O) groups is 1. The van der Waals surface area contributed by atoms with E-state index in [-0.39, 0.29) is 18.6 Å². The molecule has 0 aliphatic carbocycles. The van der Waals surface area contributed by atoms with Gasteiger partial charge in [-0.2, -0.15) is 0 Å². The second-order valence-corrected chi connectivity index (χ2v) is 7.43. The summed E-state index contributed by atoms with van der Waals surface area (Å²) in [5.74, 6) is 1.33. The third-order valence-corrected chi connectivity index (χ3v) is 5.31. The molecule has 0 bridgehead atoms. The third-order valence-electron chi connectivity index (χ3n) is 5.06. The van der Waals surface area contributed by atoms with E-state index in [1.807, 2.05) is 24.3 Å². The first kappa shape index (κ1) is 19.3. The minimum Gasteiger partial charge on any atom is -0.454 e. The zero-order chi connectivity index (χ0) is 20.2. The average Bonchev–Trinajstić information content (AvgIpc) is 3.23. The summed E-state index contributed by atoms with van der Waals surface area (Å²) in [6.45, 7) is 2.32. The Morgan fingerprint density at radius 2 is 1.72 bits per heavy atom. The van der Waals surface area contributed by atoms with Crippen LogP contribution in [-0.4, -0.2) is 12.6 Å². The monoisotopic (exact) mass is 407 g/mol. The fourth-order valence-electron chi connectivity index (χ4n) is 3.36. The molecule has 0 saturated heterocycles. The van der Waals surface area contributed by atoms with Gasteiger partial charge in [0.05, 0.1) is 6.04 Å². The maximum absolute atomic E-state index is 13.0. The van der Waals surface area contributed by atoms with Gasteiger partial charge < -0.3 is 14.8 Å². The number of anilines is 1. The van der Waals surface area contributed by atoms with Crippen molar-refractivity contribution in [1.29, 1.82) is 0 Å². The van der Waals surface area contributed by atoms with Gasteiger partial charge in [0, 0.05) is 22.7 Å². The normalized spacial score (nSPS) is 13.2. The summed E-state index contributed by atoms with van der Waals surface area (Å²) < 4.78 is 10.7. The van der Waals surface area contributed by atoms with Gasteiger partial charge in [0.2, 0.25) is 6.79 Å². The van der Waals surface area contributed by atoms with E-state index in [1.165, 1.54) is 5.56 Å². The van der Waals surface area contributed by atoms with E-state index >= 15 is 0 Å². The first-order valence-electron chi connectivity index (χ1n) is 9.66. The Kier molecular flexibility index (Phi) is 5.72. The lowest BCUT2D eigenvalue weighted by atomic mass is 9.96. The molecule has 0 aromatic heterocycles. The van der Waals surface area contributed by atoms with Crippen LogP contribution < -0.4 is 14.8 Å². The summed E-state index contributed by atoms with van der Waals surface area (Å²) in [5.41, 5.74) is 3.85. The van der Waals surface area contributed by atoms with Crippen molar-refractivity contribution < 1.29 is 14.3 Å². The van der Waals surface area contributed by atoms with Crippen LogP contribution >= 0.6 is 11.6 Å². The molecule has 1 heterocycles. The van der Waals surface area contributed by atoms with Crippen molar-refractivity contribution in [2.24, 2.45) is 0 Å². The van der Waals surface area contributed by atoms with E-state index in [4.69, 9.17) is 21.1 Å². The molecule has 0 saturated carbocycles. The van der Waals surface area contributed by atoms with Crippen molar-refractivity contribution in [2.75, 3.05) is 12.1 Å². The van der Waals surface area contributed by atoms with Crippen LogP contribution in [-0.2, 0) is 6.42 Å². The number of halogens is 1. The molecule has 0 radical (unpaired) electrons. The molecule has 148 valence electrons. The number of hydrogen-bond acceptors (Lipinski definition) is 4. The molecule has 3 aromatic carbocycles. The van der Waals surface area contributed by atoms with Crippen LogP contribution in [0.4, 0.5) is 5.69 Å². The van der Waals surface area contributed by atoms with Gasteiger partial charge in [0.1, 0.15) is 0 Å². The molecular weight excluding hydrogens is 386 g/mol. The summed E-state index contributed by atoms with van der Waals surface area (Å²) >= 11 is 6.01. The first-order valence-corrected chi connectivity index (χ1v) is 10.0. The van der Waals surface area contributed by atoms with Crippen molar-refractivity contribution in [1.82, 2.24) is 0 Å². The highest BCUT2D eigenvalue weighted by Gasteiger charge is 2.20. The fourth-order valence-corrected chi connectivity index (χ4v) is 3.48. The topological polar surface area (TPSA) is 47.6 Å². The maximum Gasteiger partial charge on any atom is 0.231 e. The number of benzene rings is 3. The summed E-state index contributed by atoms with van der Waals surface area (Å²) in [7, 11) is 0. The smallest absolute Gasteiger partial charge is 0.231 e. The van der Waals surface area contributed by atoms with Crippen molar-refractivity contribution >= 4 is 23.1 Å². The molecule has 0 fully saturated rings. The minimum absolute atomic E-state index is 0.0364. The molecule has 1 aliphatic heterocycles. The van der Waals surface area contributed by atoms with Crippen LogP contribution in [0.2, 0.25) is 5.02 Å². The lowest BCUT2D eigenvalue weighted by Gasteiger charge is -2.20. The minimum atomic E-state index is -0.167. The summed E-state index contributed by atoms with van der Waals surface area (Å²) in [6, 6.07) is 21.0. The van der Waals surface area contributed by atoms with Crippen LogP contribution in [0, 0.1) is 0 Å². The molecular formula is C24H22ClNO3. The molecule has 29 heavy (non-hydrogen) atoms. The number of rotatable bonds is 7. The Hall–Kier alpha value is -2.98. The second kappa shape index (κ2) is 8.58. The van der Waals surface area contributed by atoms with E-state index in [2.05, 4.69) is 36.5 Å². The van der Waals surface area contributed by atoms with E-state index in [9.17, 15) is 4.79 Å². The number of ether oxygens (including phenoxy) is 2. The lowest BCUT2D eigenvalue weighted by molar-refractivity contribution is 0.0976. The largest absolute Gasteiger partial charge is 0.454 e. The highest BCUT2D eigenvalue weighted by atomic mass is 35.5. The molecule has 4 nitrogen and oxygen atoms in total. The molecule has 0 amide bonds. The van der Waals surface area contributed by atoms with Crippen LogP contribution in [0.3, 0.4) is 0 Å². The Balaban J connectivity index is 1.58. The zero-order valence-corrected chi connectivity index (χ0v) is 16.9. The first-order chi connectivity index (χ1) is 14.1. The SMILES string of the molecule is CCc1ccc(C(CC(=O)c2ccc3c(c2)OCO3)Nc2ccc(Cl)cc2)cc1. The quantitative estimate of drug-likeness (QED) is 0.484. The number of nitrogens with one attached hydrogen (secondary N) is 1. The molecule has 0 spiro atoms. The number of hydrogen-bond donors (Lipinski definition) is 1. The van der Waals surface area contributed by atoms with E-state index in [0.29, 0.717) is 28.5 Å². The predicted octanol–water partition coefficient (Wildman–Crippen LogP) is 6.06. The van der Waals surface area contributed by atoms with E-state index < -0.39 is 0 Å². The van der Waals surface area contributed by atoms with Crippen LogP contribution in [0.5, 0.6) is 11.5 Å². The second-order valence-electron chi connectivity index (χ2n) is 6.99. The van der Waals surface area contributed by atoms with Crippen molar-refractivity contribution in [3.63, 3.8) is 0 Å². The fraction of sp³-hybridized carbons (Fsp3) is 0.208. The Morgan fingerprint density at radius 3 is 2.45 bits per heavy atom.